The van der Waals surface area contributed by atoms with E-state index in [9.17, 15) is 4.79 Å². The van der Waals surface area contributed by atoms with Crippen LogP contribution in [0.1, 0.15) is 15.9 Å². The fourth-order valence-electron chi connectivity index (χ4n) is 2.37. The minimum Gasteiger partial charge on any atom is -0.321 e. The molecule has 0 fully saturated rings. The van der Waals surface area contributed by atoms with Gasteiger partial charge in [-0.2, -0.15) is 0 Å². The van der Waals surface area contributed by atoms with Gasteiger partial charge in [0.1, 0.15) is 0 Å². The molecule has 1 N–H and O–H groups in total. The van der Waals surface area contributed by atoms with Crippen LogP contribution in [-0.4, -0.2) is 5.91 Å². The molecule has 0 unspecified atom stereocenters. The summed E-state index contributed by atoms with van der Waals surface area (Å²) < 4.78 is 0. The Labute approximate surface area is 140 Å². The number of carbonyl (C=O) groups excluding carboxylic acids is 1. The standard InChI is InChI=1S/C20H16ClNO/c1-14-6-8-16(9-7-14)20(23)22-19-5-3-2-4-18(19)15-10-12-17(21)13-11-15/h2-13H,1H3,(H,22,23). The monoisotopic (exact) mass is 321 g/mol. The van der Waals surface area contributed by atoms with Gasteiger partial charge in [-0.1, -0.05) is 59.6 Å². The normalized spacial score (nSPS) is 10.3. The van der Waals surface area contributed by atoms with Crippen LogP contribution in [0, 0.1) is 6.92 Å². The molecular weight excluding hydrogens is 306 g/mol. The van der Waals surface area contributed by atoms with Gasteiger partial charge < -0.3 is 5.32 Å². The number of hydrogen-bond acceptors (Lipinski definition) is 1. The van der Waals surface area contributed by atoms with Crippen LogP contribution in [0.2, 0.25) is 5.02 Å². The molecule has 1 amide bonds. The van der Waals surface area contributed by atoms with Crippen molar-refractivity contribution in [3.05, 3.63) is 88.9 Å². The number of hydrogen-bond donors (Lipinski definition) is 1. The lowest BCUT2D eigenvalue weighted by molar-refractivity contribution is 0.102. The zero-order valence-electron chi connectivity index (χ0n) is 12.7. The van der Waals surface area contributed by atoms with Crippen LogP contribution < -0.4 is 5.32 Å². The van der Waals surface area contributed by atoms with Crippen LogP contribution in [0.3, 0.4) is 0 Å². The van der Waals surface area contributed by atoms with Crippen molar-refractivity contribution in [3.63, 3.8) is 0 Å². The molecule has 3 heteroatoms. The van der Waals surface area contributed by atoms with Crippen LogP contribution in [0.25, 0.3) is 11.1 Å². The number of amides is 1. The highest BCUT2D eigenvalue weighted by Crippen LogP contribution is 2.29. The Kier molecular flexibility index (Phi) is 4.45. The first-order valence-corrected chi connectivity index (χ1v) is 7.74. The topological polar surface area (TPSA) is 29.1 Å². The summed E-state index contributed by atoms with van der Waals surface area (Å²) in [5.74, 6) is -0.119. The third kappa shape index (κ3) is 3.61. The maximum atomic E-state index is 12.4. The van der Waals surface area contributed by atoms with Gasteiger partial charge in [0.15, 0.2) is 0 Å². The maximum absolute atomic E-state index is 12.4. The lowest BCUT2D eigenvalue weighted by Crippen LogP contribution is -2.12. The average molecular weight is 322 g/mol. The van der Waals surface area contributed by atoms with Gasteiger partial charge in [0.25, 0.3) is 5.91 Å². The molecule has 0 aliphatic rings. The quantitative estimate of drug-likeness (QED) is 0.671. The molecular formula is C20H16ClNO. The molecule has 0 aliphatic carbocycles. The molecule has 3 rings (SSSR count). The van der Waals surface area contributed by atoms with Crippen molar-refractivity contribution in [1.29, 1.82) is 0 Å². The fraction of sp³-hybridized carbons (Fsp3) is 0.0500. The lowest BCUT2D eigenvalue weighted by atomic mass is 10.0. The van der Waals surface area contributed by atoms with Gasteiger partial charge in [0.05, 0.1) is 0 Å². The molecule has 3 aromatic rings. The van der Waals surface area contributed by atoms with Gasteiger partial charge in [-0.15, -0.1) is 0 Å². The zero-order chi connectivity index (χ0) is 16.2. The Hall–Kier alpha value is -2.58. The molecule has 0 bridgehead atoms. The van der Waals surface area contributed by atoms with Gasteiger partial charge in [-0.25, -0.2) is 0 Å². The Balaban J connectivity index is 1.90. The van der Waals surface area contributed by atoms with Gasteiger partial charge in [0, 0.05) is 21.8 Å². The highest BCUT2D eigenvalue weighted by Gasteiger charge is 2.10. The van der Waals surface area contributed by atoms with Crippen molar-refractivity contribution in [2.45, 2.75) is 6.92 Å². The molecule has 0 atom stereocenters. The van der Waals surface area contributed by atoms with Crippen LogP contribution in [0.15, 0.2) is 72.8 Å². The summed E-state index contributed by atoms with van der Waals surface area (Å²) in [6.07, 6.45) is 0. The van der Waals surface area contributed by atoms with Crippen LogP contribution in [0.4, 0.5) is 5.69 Å². The second kappa shape index (κ2) is 6.67. The molecule has 2 nitrogen and oxygen atoms in total. The minimum absolute atomic E-state index is 0.119. The second-order valence-corrected chi connectivity index (χ2v) is 5.81. The van der Waals surface area contributed by atoms with Gasteiger partial charge in [-0.3, -0.25) is 4.79 Å². The van der Waals surface area contributed by atoms with Gasteiger partial charge in [0.2, 0.25) is 0 Å². The molecule has 3 aromatic carbocycles. The Morgan fingerprint density at radius 1 is 0.870 bits per heavy atom. The lowest BCUT2D eigenvalue weighted by Gasteiger charge is -2.11. The van der Waals surface area contributed by atoms with Gasteiger partial charge in [-0.05, 0) is 42.8 Å². The van der Waals surface area contributed by atoms with Crippen molar-refractivity contribution >= 4 is 23.2 Å². The molecule has 114 valence electrons. The number of halogens is 1. The molecule has 0 saturated carbocycles. The first-order chi connectivity index (χ1) is 11.1. The predicted octanol–water partition coefficient (Wildman–Crippen LogP) is 5.57. The number of aryl methyl sites for hydroxylation is 1. The zero-order valence-corrected chi connectivity index (χ0v) is 13.5. The van der Waals surface area contributed by atoms with Crippen LogP contribution in [0.5, 0.6) is 0 Å². The Bertz CT molecular complexity index is 823. The first kappa shape index (κ1) is 15.3. The van der Waals surface area contributed by atoms with E-state index in [2.05, 4.69) is 5.32 Å². The molecule has 0 radical (unpaired) electrons. The number of nitrogens with one attached hydrogen (secondary N) is 1. The number of benzene rings is 3. The molecule has 0 saturated heterocycles. The molecule has 0 spiro atoms. The first-order valence-electron chi connectivity index (χ1n) is 7.36. The predicted molar refractivity (Wildman–Crippen MR) is 96.0 cm³/mol. The Morgan fingerprint density at radius 3 is 2.22 bits per heavy atom. The fourth-order valence-corrected chi connectivity index (χ4v) is 2.50. The SMILES string of the molecule is Cc1ccc(C(=O)Nc2ccccc2-c2ccc(Cl)cc2)cc1. The van der Waals surface area contributed by atoms with Crippen LogP contribution in [-0.2, 0) is 0 Å². The van der Waals surface area contributed by atoms with E-state index in [-0.39, 0.29) is 5.91 Å². The molecule has 23 heavy (non-hydrogen) atoms. The summed E-state index contributed by atoms with van der Waals surface area (Å²) in [5, 5.41) is 3.68. The summed E-state index contributed by atoms with van der Waals surface area (Å²) in [7, 11) is 0. The number of carbonyl (C=O) groups is 1. The summed E-state index contributed by atoms with van der Waals surface area (Å²) in [4.78, 5) is 12.4. The highest BCUT2D eigenvalue weighted by atomic mass is 35.5. The average Bonchev–Trinajstić information content (AvgIpc) is 2.57. The number of anilines is 1. The largest absolute Gasteiger partial charge is 0.321 e. The highest BCUT2D eigenvalue weighted by molar-refractivity contribution is 6.30. The van der Waals surface area contributed by atoms with E-state index >= 15 is 0 Å². The van der Waals surface area contributed by atoms with E-state index < -0.39 is 0 Å². The second-order valence-electron chi connectivity index (χ2n) is 5.37. The van der Waals surface area contributed by atoms with E-state index in [1.54, 1.807) is 0 Å². The summed E-state index contributed by atoms with van der Waals surface area (Å²) in [5.41, 5.74) is 4.52. The van der Waals surface area contributed by atoms with E-state index in [4.69, 9.17) is 11.6 Å². The smallest absolute Gasteiger partial charge is 0.255 e. The third-order valence-electron chi connectivity index (χ3n) is 3.64. The maximum Gasteiger partial charge on any atom is 0.255 e. The van der Waals surface area contributed by atoms with Crippen LogP contribution >= 0.6 is 11.6 Å². The number of rotatable bonds is 3. The summed E-state index contributed by atoms with van der Waals surface area (Å²) in [6.45, 7) is 2.00. The minimum atomic E-state index is -0.119. The molecule has 0 aromatic heterocycles. The Morgan fingerprint density at radius 2 is 1.52 bits per heavy atom. The number of para-hydroxylation sites is 1. The van der Waals surface area contributed by atoms with E-state index in [1.807, 2.05) is 79.7 Å². The molecule has 0 heterocycles. The van der Waals surface area contributed by atoms with Crippen molar-refractivity contribution in [2.75, 3.05) is 5.32 Å². The van der Waals surface area contributed by atoms with Crippen molar-refractivity contribution in [1.82, 2.24) is 0 Å². The van der Waals surface area contributed by atoms with Crippen molar-refractivity contribution < 1.29 is 4.79 Å². The third-order valence-corrected chi connectivity index (χ3v) is 3.90. The van der Waals surface area contributed by atoms with E-state index in [1.165, 1.54) is 0 Å². The van der Waals surface area contributed by atoms with E-state index in [0.29, 0.717) is 10.6 Å². The summed E-state index contributed by atoms with van der Waals surface area (Å²) in [6, 6.07) is 22.8. The van der Waals surface area contributed by atoms with E-state index in [0.717, 1.165) is 22.4 Å². The van der Waals surface area contributed by atoms with Gasteiger partial charge >= 0.3 is 0 Å². The summed E-state index contributed by atoms with van der Waals surface area (Å²) >= 11 is 5.95. The van der Waals surface area contributed by atoms with Crippen molar-refractivity contribution in [3.8, 4) is 11.1 Å². The molecule has 0 aliphatic heterocycles. The van der Waals surface area contributed by atoms with Crippen molar-refractivity contribution in [2.24, 2.45) is 0 Å².